The maximum absolute atomic E-state index is 11.3. The second-order valence-electron chi connectivity index (χ2n) is 4.62. The van der Waals surface area contributed by atoms with Crippen molar-refractivity contribution in [2.45, 2.75) is 9.79 Å². The topological polar surface area (TPSA) is 128 Å². The Morgan fingerprint density at radius 1 is 1.25 bits per heavy atom. The van der Waals surface area contributed by atoms with Crippen molar-refractivity contribution in [2.75, 3.05) is 11.7 Å². The fourth-order valence-electron chi connectivity index (χ4n) is 1.80. The minimum absolute atomic E-state index is 0.0596. The lowest BCUT2D eigenvalue weighted by molar-refractivity contribution is -0.384. The molecule has 0 aliphatic carbocycles. The van der Waals surface area contributed by atoms with Crippen LogP contribution in [0, 0.1) is 10.1 Å². The van der Waals surface area contributed by atoms with Gasteiger partial charge in [-0.1, -0.05) is 12.1 Å². The minimum Gasteiger partial charge on any atom is -0.272 e. The molecule has 0 heterocycles. The van der Waals surface area contributed by atoms with Crippen LogP contribution in [0.25, 0.3) is 0 Å². The summed E-state index contributed by atoms with van der Waals surface area (Å²) in [4.78, 5) is 11.1. The van der Waals surface area contributed by atoms with Gasteiger partial charge in [-0.15, -0.1) is 11.8 Å². The molecule has 0 atom stereocenters. The molecule has 0 aliphatic heterocycles. The zero-order valence-electron chi connectivity index (χ0n) is 12.5. The predicted molar refractivity (Wildman–Crippen MR) is 93.9 cm³/mol. The van der Waals surface area contributed by atoms with Crippen LogP contribution in [0.1, 0.15) is 5.56 Å². The highest BCUT2D eigenvalue weighted by molar-refractivity contribution is 7.98. The number of nitro groups is 1. The number of sulfonamides is 1. The van der Waals surface area contributed by atoms with Gasteiger partial charge in [0.15, 0.2) is 0 Å². The first kappa shape index (κ1) is 17.9. The highest BCUT2D eigenvalue weighted by Crippen LogP contribution is 2.27. The summed E-state index contributed by atoms with van der Waals surface area (Å²) in [5.41, 5.74) is 2.97. The van der Waals surface area contributed by atoms with E-state index in [1.807, 2.05) is 30.5 Å². The van der Waals surface area contributed by atoms with Crippen molar-refractivity contribution in [2.24, 2.45) is 10.2 Å². The molecule has 0 saturated carbocycles. The molecule has 0 saturated heterocycles. The number of benzene rings is 2. The molecule has 0 spiro atoms. The predicted octanol–water partition coefficient (Wildman–Crippen LogP) is 2.41. The molecule has 0 unspecified atom stereocenters. The molecule has 2 rings (SSSR count). The summed E-state index contributed by atoms with van der Waals surface area (Å²) in [7, 11) is -4.02. The van der Waals surface area contributed by atoms with Gasteiger partial charge in [-0.25, -0.2) is 13.6 Å². The summed E-state index contributed by atoms with van der Waals surface area (Å²) < 4.78 is 22.5. The largest absolute Gasteiger partial charge is 0.295 e. The highest BCUT2D eigenvalue weighted by atomic mass is 32.2. The van der Waals surface area contributed by atoms with Crippen molar-refractivity contribution >= 4 is 39.4 Å². The van der Waals surface area contributed by atoms with Crippen LogP contribution in [0.5, 0.6) is 0 Å². The number of nitrogens with zero attached hydrogens (tertiary/aromatic N) is 2. The number of nitro benzene ring substituents is 1. The van der Waals surface area contributed by atoms with Crippen LogP contribution >= 0.6 is 11.8 Å². The number of hydrogen-bond donors (Lipinski definition) is 2. The first-order chi connectivity index (χ1) is 11.3. The Balaban J connectivity index is 2.22. The zero-order chi connectivity index (χ0) is 17.7. The highest BCUT2D eigenvalue weighted by Gasteiger charge is 2.18. The molecule has 8 nitrogen and oxygen atoms in total. The van der Waals surface area contributed by atoms with Crippen molar-refractivity contribution in [1.29, 1.82) is 0 Å². The van der Waals surface area contributed by atoms with E-state index in [1.165, 1.54) is 18.3 Å². The molecular formula is C14H14N4O4S2. The monoisotopic (exact) mass is 366 g/mol. The van der Waals surface area contributed by atoms with E-state index in [2.05, 4.69) is 10.5 Å². The van der Waals surface area contributed by atoms with Crippen LogP contribution in [0.3, 0.4) is 0 Å². The van der Waals surface area contributed by atoms with E-state index < -0.39 is 20.6 Å². The van der Waals surface area contributed by atoms with E-state index in [4.69, 9.17) is 5.14 Å². The van der Waals surface area contributed by atoms with Crippen LogP contribution < -0.4 is 10.6 Å². The zero-order valence-corrected chi connectivity index (χ0v) is 14.2. The van der Waals surface area contributed by atoms with Crippen molar-refractivity contribution in [3.8, 4) is 0 Å². The van der Waals surface area contributed by atoms with E-state index in [1.54, 1.807) is 11.8 Å². The molecule has 2 aromatic rings. The fraction of sp³-hybridized carbons (Fsp3) is 0.0714. The average Bonchev–Trinajstić information content (AvgIpc) is 2.54. The first-order valence-electron chi connectivity index (χ1n) is 6.55. The summed E-state index contributed by atoms with van der Waals surface area (Å²) in [5.74, 6) is 0. The van der Waals surface area contributed by atoms with Crippen LogP contribution in [-0.2, 0) is 10.0 Å². The van der Waals surface area contributed by atoms with E-state index in [9.17, 15) is 18.5 Å². The summed E-state index contributed by atoms with van der Waals surface area (Å²) in [6, 6.07) is 10.9. The molecule has 0 radical (unpaired) electrons. The lowest BCUT2D eigenvalue weighted by Gasteiger charge is -2.04. The molecular weight excluding hydrogens is 352 g/mol. The van der Waals surface area contributed by atoms with Gasteiger partial charge in [-0.3, -0.25) is 15.5 Å². The lowest BCUT2D eigenvalue weighted by atomic mass is 10.2. The Morgan fingerprint density at radius 3 is 2.46 bits per heavy atom. The van der Waals surface area contributed by atoms with E-state index in [0.717, 1.165) is 16.5 Å². The molecule has 2 aromatic carbocycles. The second kappa shape index (κ2) is 7.43. The number of thioether (sulfide) groups is 1. The molecule has 10 heteroatoms. The number of rotatable bonds is 6. The quantitative estimate of drug-likeness (QED) is 0.350. The maximum atomic E-state index is 11.3. The normalized spacial score (nSPS) is 11.6. The SMILES string of the molecule is CSc1ccc(/C=N\Nc2ccc(S(N)(=O)=O)cc2[N+](=O)[O-])cc1. The number of hydrazone groups is 1. The Morgan fingerprint density at radius 2 is 1.92 bits per heavy atom. The summed E-state index contributed by atoms with van der Waals surface area (Å²) >= 11 is 1.61. The summed E-state index contributed by atoms with van der Waals surface area (Å²) in [5, 5.41) is 20.0. The van der Waals surface area contributed by atoms with Crippen molar-refractivity contribution < 1.29 is 13.3 Å². The maximum Gasteiger partial charge on any atom is 0.295 e. The number of anilines is 1. The smallest absolute Gasteiger partial charge is 0.272 e. The Hall–Kier alpha value is -2.43. The molecule has 126 valence electrons. The summed E-state index contributed by atoms with van der Waals surface area (Å²) in [6.45, 7) is 0. The van der Waals surface area contributed by atoms with Gasteiger partial charge in [-0.05, 0) is 36.1 Å². The van der Waals surface area contributed by atoms with Gasteiger partial charge >= 0.3 is 0 Å². The van der Waals surface area contributed by atoms with Crippen LogP contribution in [0.2, 0.25) is 0 Å². The van der Waals surface area contributed by atoms with Gasteiger partial charge in [0.1, 0.15) is 5.69 Å². The van der Waals surface area contributed by atoms with Gasteiger partial charge < -0.3 is 0 Å². The molecule has 0 amide bonds. The van der Waals surface area contributed by atoms with Gasteiger partial charge in [0.2, 0.25) is 10.0 Å². The first-order valence-corrected chi connectivity index (χ1v) is 9.33. The third kappa shape index (κ3) is 4.54. The van der Waals surface area contributed by atoms with Gasteiger partial charge in [-0.2, -0.15) is 5.10 Å². The minimum atomic E-state index is -4.02. The molecule has 0 aromatic heterocycles. The van der Waals surface area contributed by atoms with Crippen molar-refractivity contribution in [3.05, 3.63) is 58.1 Å². The van der Waals surface area contributed by atoms with E-state index in [-0.39, 0.29) is 10.6 Å². The van der Waals surface area contributed by atoms with Crippen LogP contribution in [0.15, 0.2) is 57.4 Å². The van der Waals surface area contributed by atoms with Gasteiger partial charge in [0, 0.05) is 11.0 Å². The van der Waals surface area contributed by atoms with Gasteiger partial charge in [0.25, 0.3) is 5.69 Å². The molecule has 0 bridgehead atoms. The number of nitrogens with two attached hydrogens (primary N) is 1. The number of primary sulfonamides is 1. The third-order valence-corrected chi connectivity index (χ3v) is 4.66. The van der Waals surface area contributed by atoms with Crippen LogP contribution in [0.4, 0.5) is 11.4 Å². The molecule has 3 N–H and O–H groups in total. The molecule has 0 fully saturated rings. The molecule has 24 heavy (non-hydrogen) atoms. The Labute approximate surface area is 143 Å². The Bertz CT molecular complexity index is 880. The van der Waals surface area contributed by atoms with Crippen molar-refractivity contribution in [3.63, 3.8) is 0 Å². The fourth-order valence-corrected chi connectivity index (χ4v) is 2.74. The second-order valence-corrected chi connectivity index (χ2v) is 7.07. The average molecular weight is 366 g/mol. The number of nitrogens with one attached hydrogen (secondary N) is 1. The van der Waals surface area contributed by atoms with E-state index >= 15 is 0 Å². The van der Waals surface area contributed by atoms with Gasteiger partial charge in [0.05, 0.1) is 16.0 Å². The number of hydrogen-bond acceptors (Lipinski definition) is 7. The van der Waals surface area contributed by atoms with Crippen LogP contribution in [-0.4, -0.2) is 25.8 Å². The summed E-state index contributed by atoms with van der Waals surface area (Å²) in [6.07, 6.45) is 3.47. The standard InChI is InChI=1S/C14H14N4O4S2/c1-23-11-4-2-10(3-5-11)9-16-17-13-7-6-12(24(15,21)22)8-14(13)18(19)20/h2-9,17H,1H3,(H2,15,21,22)/b16-9-. The Kier molecular flexibility index (Phi) is 5.54. The van der Waals surface area contributed by atoms with Crippen molar-refractivity contribution in [1.82, 2.24) is 0 Å². The van der Waals surface area contributed by atoms with E-state index in [0.29, 0.717) is 0 Å². The third-order valence-electron chi connectivity index (χ3n) is 3.01. The lowest BCUT2D eigenvalue weighted by Crippen LogP contribution is -2.12. The molecule has 0 aliphatic rings.